The van der Waals surface area contributed by atoms with Crippen LogP contribution in [0.15, 0.2) is 99.1 Å². The fourth-order valence-corrected chi connectivity index (χ4v) is 13.4. The monoisotopic (exact) mass is 728 g/mol. The maximum absolute atomic E-state index is 13.2. The fourth-order valence-electron chi connectivity index (χ4n) is 7.42. The zero-order valence-electron chi connectivity index (χ0n) is 31.7. The number of methoxy groups -OCH3 is 9. The average molecular weight is 729 g/mol. The van der Waals surface area contributed by atoms with E-state index < -0.39 is 25.6 Å². The van der Waals surface area contributed by atoms with Gasteiger partial charge in [0.2, 0.25) is 5.91 Å². The van der Waals surface area contributed by atoms with Crippen molar-refractivity contribution in [3.8, 4) is 0 Å². The highest BCUT2D eigenvalue weighted by Gasteiger charge is 2.64. The minimum absolute atomic E-state index is 0.0514. The Kier molecular flexibility index (Phi) is 14.6. The van der Waals surface area contributed by atoms with Gasteiger partial charge in [-0.3, -0.25) is 4.79 Å². The number of hydrogen-bond donors (Lipinski definition) is 1. The molecule has 11 nitrogen and oxygen atoms in total. The van der Waals surface area contributed by atoms with Gasteiger partial charge in [0.1, 0.15) is 42.9 Å². The van der Waals surface area contributed by atoms with E-state index in [-0.39, 0.29) is 11.8 Å². The number of carbonyl (C=O) groups excluding carboxylic acids is 1. The number of benzene rings is 1. The summed E-state index contributed by atoms with van der Waals surface area (Å²) < 4.78 is 55.5. The molecule has 280 valence electrons. The molecule has 0 aromatic heterocycles. The molecule has 0 radical (unpaired) electrons. The molecule has 1 amide bonds. The van der Waals surface area contributed by atoms with E-state index in [0.29, 0.717) is 55.5 Å². The number of para-hydroxylation sites is 1. The lowest BCUT2D eigenvalue weighted by Gasteiger charge is -2.44. The summed E-state index contributed by atoms with van der Waals surface area (Å²) in [6, 6.07) is 9.49. The maximum Gasteiger partial charge on any atom is 0.224 e. The molecule has 0 saturated carbocycles. The summed E-state index contributed by atoms with van der Waals surface area (Å²) in [5.41, 5.74) is 0.764. The van der Waals surface area contributed by atoms with E-state index in [0.717, 1.165) is 38.9 Å². The van der Waals surface area contributed by atoms with Crippen molar-refractivity contribution in [3.05, 3.63) is 99.1 Å². The molecule has 0 spiro atoms. The molecule has 3 aliphatic carbocycles. The van der Waals surface area contributed by atoms with Crippen molar-refractivity contribution in [2.75, 3.05) is 75.5 Å². The summed E-state index contributed by atoms with van der Waals surface area (Å²) in [7, 11) is 12.1. The van der Waals surface area contributed by atoms with Gasteiger partial charge in [0.15, 0.2) is 33.2 Å². The average Bonchev–Trinajstić information content (AvgIpc) is 3.17. The van der Waals surface area contributed by atoms with Crippen LogP contribution in [0.5, 0.6) is 0 Å². The van der Waals surface area contributed by atoms with Gasteiger partial charge in [-0.25, -0.2) is 0 Å². The maximum atomic E-state index is 13.2. The third-order valence-electron chi connectivity index (χ3n) is 9.85. The molecule has 0 heterocycles. The minimum Gasteiger partial charge on any atom is -0.501 e. The Labute approximate surface area is 303 Å². The minimum atomic E-state index is -2.98. The van der Waals surface area contributed by atoms with Crippen LogP contribution < -0.4 is 5.32 Å². The summed E-state index contributed by atoms with van der Waals surface area (Å²) >= 11 is 0. The lowest BCUT2D eigenvalue weighted by atomic mass is 9.96. The molecule has 0 aliphatic heterocycles. The number of allylic oxidation sites excluding steroid dienone is 3. The second kappa shape index (κ2) is 18.6. The molecule has 1 unspecified atom stereocenters. The molecule has 0 bridgehead atoms. The van der Waals surface area contributed by atoms with Crippen molar-refractivity contribution in [3.63, 3.8) is 0 Å². The predicted octanol–water partition coefficient (Wildman–Crippen LogP) is 7.48. The SMILES string of the molecule is COC1=CC(OC)=C([P+](CCCCC(=O)Nc2ccccc2)(C2=C(OC)C=C(OC)C[C@@H]2OC)C2=C(OC)C=C(OC)C(C)[C@@H]2OC)[C@@H](OC)C1. The van der Waals surface area contributed by atoms with Crippen molar-refractivity contribution in [1.82, 2.24) is 0 Å². The molecule has 0 fully saturated rings. The Morgan fingerprint density at radius 1 is 0.667 bits per heavy atom. The number of amides is 1. The van der Waals surface area contributed by atoms with Crippen LogP contribution in [-0.2, 0) is 47.4 Å². The van der Waals surface area contributed by atoms with Crippen LogP contribution >= 0.6 is 7.26 Å². The summed E-state index contributed by atoms with van der Waals surface area (Å²) in [5.74, 6) is 3.87. The molecule has 1 aromatic rings. The molecule has 51 heavy (non-hydrogen) atoms. The largest absolute Gasteiger partial charge is 0.501 e. The van der Waals surface area contributed by atoms with Crippen molar-refractivity contribution < 1.29 is 47.4 Å². The van der Waals surface area contributed by atoms with Crippen LogP contribution in [0.4, 0.5) is 5.69 Å². The highest BCUT2D eigenvalue weighted by Crippen LogP contribution is 2.83. The first-order valence-corrected chi connectivity index (χ1v) is 19.1. The highest BCUT2D eigenvalue weighted by molar-refractivity contribution is 7.87. The number of rotatable bonds is 18. The lowest BCUT2D eigenvalue weighted by molar-refractivity contribution is -0.116. The van der Waals surface area contributed by atoms with Crippen LogP contribution in [0.1, 0.15) is 39.0 Å². The van der Waals surface area contributed by atoms with Gasteiger partial charge in [-0.2, -0.15) is 0 Å². The Hall–Kier alpha value is -3.76. The van der Waals surface area contributed by atoms with Crippen molar-refractivity contribution in [1.29, 1.82) is 0 Å². The Morgan fingerprint density at radius 3 is 1.65 bits per heavy atom. The second-order valence-electron chi connectivity index (χ2n) is 12.4. The van der Waals surface area contributed by atoms with Crippen molar-refractivity contribution in [2.24, 2.45) is 5.92 Å². The molecular weight excluding hydrogens is 673 g/mol. The van der Waals surface area contributed by atoms with Gasteiger partial charge in [-0.15, -0.1) is 0 Å². The van der Waals surface area contributed by atoms with Crippen LogP contribution in [0.25, 0.3) is 0 Å². The van der Waals surface area contributed by atoms with Gasteiger partial charge < -0.3 is 47.9 Å². The summed E-state index contributed by atoms with van der Waals surface area (Å²) in [5, 5.41) is 5.89. The summed E-state index contributed by atoms with van der Waals surface area (Å²) in [6.07, 6.45) is 7.64. The van der Waals surface area contributed by atoms with Gasteiger partial charge in [0.25, 0.3) is 0 Å². The second-order valence-corrected chi connectivity index (χ2v) is 16.0. The number of anilines is 1. The van der Waals surface area contributed by atoms with E-state index >= 15 is 0 Å². The molecule has 0 saturated heterocycles. The molecule has 4 atom stereocenters. The number of unbranched alkanes of at least 4 members (excludes halogenated alkanes) is 1. The predicted molar refractivity (Wildman–Crippen MR) is 199 cm³/mol. The number of carbonyl (C=O) groups is 1. The van der Waals surface area contributed by atoms with E-state index in [1.807, 2.05) is 48.6 Å². The van der Waals surface area contributed by atoms with Crippen molar-refractivity contribution >= 4 is 18.9 Å². The first kappa shape index (κ1) is 40.0. The van der Waals surface area contributed by atoms with Crippen LogP contribution in [-0.4, -0.2) is 94.4 Å². The molecular formula is C39H55NO10P+. The smallest absolute Gasteiger partial charge is 0.224 e. The van der Waals surface area contributed by atoms with E-state index in [9.17, 15) is 4.79 Å². The third-order valence-corrected chi connectivity index (χ3v) is 14.8. The third kappa shape index (κ3) is 8.33. The van der Waals surface area contributed by atoms with Crippen molar-refractivity contribution in [2.45, 2.75) is 57.3 Å². The summed E-state index contributed by atoms with van der Waals surface area (Å²) in [6.45, 7) is 2.09. The molecule has 1 N–H and O–H groups in total. The Morgan fingerprint density at radius 2 is 1.20 bits per heavy atom. The van der Waals surface area contributed by atoms with Gasteiger partial charge in [0.05, 0.1) is 48.8 Å². The quantitative estimate of drug-likeness (QED) is 0.121. The van der Waals surface area contributed by atoms with Gasteiger partial charge in [-0.1, -0.05) is 25.1 Å². The highest BCUT2D eigenvalue weighted by atomic mass is 31.2. The number of hydrogen-bond acceptors (Lipinski definition) is 10. The first-order chi connectivity index (χ1) is 24.7. The lowest BCUT2D eigenvalue weighted by Crippen LogP contribution is -2.37. The Bertz CT molecular complexity index is 1510. The normalized spacial score (nSPS) is 22.5. The molecule has 12 heteroatoms. The van der Waals surface area contributed by atoms with Gasteiger partial charge in [0, 0.05) is 70.4 Å². The Balaban J connectivity index is 2.08. The molecule has 1 aromatic carbocycles. The van der Waals surface area contributed by atoms with E-state index in [4.69, 9.17) is 42.6 Å². The van der Waals surface area contributed by atoms with Crippen LogP contribution in [0, 0.1) is 5.92 Å². The van der Waals surface area contributed by atoms with E-state index in [1.54, 1.807) is 64.0 Å². The number of nitrogens with one attached hydrogen (secondary N) is 1. The van der Waals surface area contributed by atoms with Gasteiger partial charge in [-0.05, 0) is 25.0 Å². The molecule has 4 rings (SSSR count). The van der Waals surface area contributed by atoms with E-state index in [2.05, 4.69) is 12.2 Å². The van der Waals surface area contributed by atoms with Crippen LogP contribution in [0.3, 0.4) is 0 Å². The first-order valence-electron chi connectivity index (χ1n) is 17.1. The topological polar surface area (TPSA) is 112 Å². The zero-order valence-corrected chi connectivity index (χ0v) is 32.6. The van der Waals surface area contributed by atoms with Crippen LogP contribution in [0.2, 0.25) is 0 Å². The summed E-state index contributed by atoms with van der Waals surface area (Å²) in [4.78, 5) is 13.2. The molecule has 3 aliphatic rings. The number of ether oxygens (including phenoxy) is 9. The fraction of sp³-hybridized carbons (Fsp3) is 0.513. The standard InChI is InChI=1S/C39H54NO10P/c1-25-29(44-4)24-34(49-9)39(36(25)50-10)51(37-30(45-5)20-27(42-2)21-31(37)46-6,38-32(47-7)22-28(43-3)23-33(38)48-8)19-15-14-18-35(41)40-26-16-12-11-13-17-26/h11-13,16-17,20,22,24-25,31,33,36H,14-15,18-19,21,23H2,1-10H3/p+1/t25?,31-,33-,36-/m0/s1. The van der Waals surface area contributed by atoms with E-state index in [1.165, 1.54) is 0 Å². The van der Waals surface area contributed by atoms with Gasteiger partial charge >= 0.3 is 0 Å². The zero-order chi connectivity index (χ0) is 37.1.